The number of carboxylic acids is 1. The molecular formula is C19H29ClFN3O3. The van der Waals surface area contributed by atoms with E-state index in [1.165, 1.54) is 6.07 Å². The Morgan fingerprint density at radius 1 is 1.33 bits per heavy atom. The molecule has 1 amide bonds. The number of carbonyl (C=O) groups is 2. The van der Waals surface area contributed by atoms with Crippen molar-refractivity contribution in [2.24, 2.45) is 0 Å². The molecule has 152 valence electrons. The number of aliphatic carboxylic acids is 1. The quantitative estimate of drug-likeness (QED) is 0.698. The molecule has 0 bridgehead atoms. The van der Waals surface area contributed by atoms with E-state index in [9.17, 15) is 14.0 Å². The first-order chi connectivity index (χ1) is 12.4. The molecule has 1 unspecified atom stereocenters. The molecule has 2 N–H and O–H groups in total. The summed E-state index contributed by atoms with van der Waals surface area (Å²) < 4.78 is 13.6. The Labute approximate surface area is 166 Å². The molecule has 27 heavy (non-hydrogen) atoms. The van der Waals surface area contributed by atoms with Crippen molar-refractivity contribution in [3.8, 4) is 0 Å². The number of rotatable bonds is 8. The van der Waals surface area contributed by atoms with E-state index in [-0.39, 0.29) is 49.3 Å². The van der Waals surface area contributed by atoms with Gasteiger partial charge in [-0.1, -0.05) is 25.1 Å². The number of amides is 1. The minimum absolute atomic E-state index is 0. The van der Waals surface area contributed by atoms with Crippen LogP contribution in [0.4, 0.5) is 4.39 Å². The number of carboxylic acid groups (broad SMARTS) is 1. The van der Waals surface area contributed by atoms with Crippen LogP contribution in [0.5, 0.6) is 0 Å². The number of benzene rings is 1. The summed E-state index contributed by atoms with van der Waals surface area (Å²) in [6, 6.07) is 6.35. The highest BCUT2D eigenvalue weighted by Crippen LogP contribution is 2.18. The molecule has 1 aromatic rings. The fraction of sp³-hybridized carbons (Fsp3) is 0.579. The smallest absolute Gasteiger partial charge is 0.317 e. The number of halogens is 2. The maximum Gasteiger partial charge on any atom is 0.317 e. The third-order valence-electron chi connectivity index (χ3n) is 5.10. The molecule has 2 rings (SSSR count). The van der Waals surface area contributed by atoms with E-state index >= 15 is 0 Å². The highest BCUT2D eigenvalue weighted by molar-refractivity contribution is 5.85. The number of nitrogens with one attached hydrogen (secondary N) is 1. The summed E-state index contributed by atoms with van der Waals surface area (Å²) in [5, 5.41) is 11.8. The topological polar surface area (TPSA) is 72.9 Å². The third kappa shape index (κ3) is 6.75. The summed E-state index contributed by atoms with van der Waals surface area (Å²) in [7, 11) is 0. The van der Waals surface area contributed by atoms with Crippen molar-refractivity contribution in [1.82, 2.24) is 15.1 Å². The fourth-order valence-corrected chi connectivity index (χ4v) is 3.45. The highest BCUT2D eigenvalue weighted by atomic mass is 35.5. The second kappa shape index (κ2) is 11.2. The van der Waals surface area contributed by atoms with Gasteiger partial charge in [0.15, 0.2) is 0 Å². The fourth-order valence-electron chi connectivity index (χ4n) is 3.45. The molecular weight excluding hydrogens is 373 g/mol. The van der Waals surface area contributed by atoms with Gasteiger partial charge in [0, 0.05) is 31.2 Å². The summed E-state index contributed by atoms with van der Waals surface area (Å²) in [5.74, 6) is -1.25. The first-order valence-corrected chi connectivity index (χ1v) is 9.13. The number of hydrogen-bond acceptors (Lipinski definition) is 4. The van der Waals surface area contributed by atoms with Crippen LogP contribution in [-0.2, 0) is 16.1 Å². The molecule has 1 atom stereocenters. The van der Waals surface area contributed by atoms with Crippen LogP contribution in [0.1, 0.15) is 32.3 Å². The van der Waals surface area contributed by atoms with Crippen molar-refractivity contribution in [3.63, 3.8) is 0 Å². The van der Waals surface area contributed by atoms with Gasteiger partial charge in [-0.05, 0) is 32.4 Å². The van der Waals surface area contributed by atoms with Crippen LogP contribution < -0.4 is 5.32 Å². The molecule has 0 aliphatic carbocycles. The van der Waals surface area contributed by atoms with Crippen molar-refractivity contribution in [1.29, 1.82) is 0 Å². The molecule has 1 fully saturated rings. The predicted octanol–water partition coefficient (Wildman–Crippen LogP) is 2.12. The summed E-state index contributed by atoms with van der Waals surface area (Å²) in [6.45, 7) is 6.24. The molecule has 1 saturated heterocycles. The van der Waals surface area contributed by atoms with Crippen LogP contribution >= 0.6 is 12.4 Å². The van der Waals surface area contributed by atoms with Gasteiger partial charge in [0.05, 0.1) is 12.6 Å². The van der Waals surface area contributed by atoms with E-state index in [0.29, 0.717) is 12.1 Å². The van der Waals surface area contributed by atoms with Gasteiger partial charge in [-0.25, -0.2) is 4.39 Å². The van der Waals surface area contributed by atoms with Gasteiger partial charge in [-0.15, -0.1) is 12.4 Å². The van der Waals surface area contributed by atoms with E-state index in [1.54, 1.807) is 18.2 Å². The van der Waals surface area contributed by atoms with Crippen molar-refractivity contribution in [2.75, 3.05) is 26.2 Å². The zero-order valence-corrected chi connectivity index (χ0v) is 16.7. The van der Waals surface area contributed by atoms with E-state index < -0.39 is 5.97 Å². The lowest BCUT2D eigenvalue weighted by Crippen LogP contribution is -2.52. The molecule has 1 heterocycles. The Morgan fingerprint density at radius 3 is 2.52 bits per heavy atom. The average molecular weight is 402 g/mol. The van der Waals surface area contributed by atoms with Crippen LogP contribution in [0.3, 0.4) is 0 Å². The Bertz CT molecular complexity index is 624. The van der Waals surface area contributed by atoms with Crippen molar-refractivity contribution >= 4 is 24.3 Å². The standard InChI is InChI=1S/C19H28FN3O3.ClH/c1-3-22(13-18(24)25)16-8-10-23(11-9-16)14(2)19(26)21-12-15-6-4-5-7-17(15)20;/h4-7,14,16H,3,8-13H2,1-2H3,(H,21,26)(H,24,25);1H. The van der Waals surface area contributed by atoms with E-state index in [1.807, 2.05) is 18.7 Å². The van der Waals surface area contributed by atoms with Gasteiger partial charge in [0.1, 0.15) is 5.82 Å². The first-order valence-electron chi connectivity index (χ1n) is 9.13. The Hall–Kier alpha value is -1.70. The summed E-state index contributed by atoms with van der Waals surface area (Å²) >= 11 is 0. The summed E-state index contributed by atoms with van der Waals surface area (Å²) in [4.78, 5) is 27.4. The van der Waals surface area contributed by atoms with Crippen molar-refractivity contribution in [2.45, 2.75) is 45.3 Å². The molecule has 0 spiro atoms. The number of hydrogen-bond donors (Lipinski definition) is 2. The maximum atomic E-state index is 13.6. The zero-order chi connectivity index (χ0) is 19.1. The predicted molar refractivity (Wildman–Crippen MR) is 104 cm³/mol. The number of likely N-dealkylation sites (tertiary alicyclic amines) is 1. The van der Waals surface area contributed by atoms with Crippen LogP contribution in [0.15, 0.2) is 24.3 Å². The molecule has 1 aromatic carbocycles. The van der Waals surface area contributed by atoms with E-state index in [0.717, 1.165) is 25.9 Å². The Balaban J connectivity index is 0.00000364. The Kier molecular flexibility index (Phi) is 9.69. The lowest BCUT2D eigenvalue weighted by Gasteiger charge is -2.39. The molecule has 6 nitrogen and oxygen atoms in total. The minimum atomic E-state index is -0.810. The second-order valence-corrected chi connectivity index (χ2v) is 6.71. The zero-order valence-electron chi connectivity index (χ0n) is 15.9. The molecule has 0 radical (unpaired) electrons. The van der Waals surface area contributed by atoms with E-state index in [4.69, 9.17) is 5.11 Å². The van der Waals surface area contributed by atoms with Crippen LogP contribution in [0.2, 0.25) is 0 Å². The third-order valence-corrected chi connectivity index (χ3v) is 5.10. The summed E-state index contributed by atoms with van der Waals surface area (Å²) in [6.07, 6.45) is 1.68. The van der Waals surface area contributed by atoms with Crippen LogP contribution in [0.25, 0.3) is 0 Å². The molecule has 0 aromatic heterocycles. The Morgan fingerprint density at radius 2 is 1.96 bits per heavy atom. The molecule has 8 heteroatoms. The molecule has 0 saturated carbocycles. The first kappa shape index (κ1) is 23.3. The highest BCUT2D eigenvalue weighted by Gasteiger charge is 2.29. The van der Waals surface area contributed by atoms with Crippen LogP contribution in [-0.4, -0.2) is 65.0 Å². The van der Waals surface area contributed by atoms with Gasteiger partial charge < -0.3 is 10.4 Å². The lowest BCUT2D eigenvalue weighted by atomic mass is 10.0. The normalized spacial score (nSPS) is 16.6. The maximum absolute atomic E-state index is 13.6. The van der Waals surface area contributed by atoms with Gasteiger partial charge in [0.25, 0.3) is 0 Å². The second-order valence-electron chi connectivity index (χ2n) is 6.71. The summed E-state index contributed by atoms with van der Waals surface area (Å²) in [5.41, 5.74) is 0.471. The number of piperidine rings is 1. The van der Waals surface area contributed by atoms with Gasteiger partial charge in [-0.2, -0.15) is 0 Å². The van der Waals surface area contributed by atoms with Crippen LogP contribution in [0, 0.1) is 5.82 Å². The minimum Gasteiger partial charge on any atom is -0.480 e. The monoisotopic (exact) mass is 401 g/mol. The lowest BCUT2D eigenvalue weighted by molar-refractivity contribution is -0.139. The number of likely N-dealkylation sites (N-methyl/N-ethyl adjacent to an activating group) is 1. The van der Waals surface area contributed by atoms with Gasteiger partial charge in [0.2, 0.25) is 5.91 Å². The van der Waals surface area contributed by atoms with E-state index in [2.05, 4.69) is 10.2 Å². The number of nitrogens with zero attached hydrogens (tertiary/aromatic N) is 2. The molecule has 1 aliphatic heterocycles. The number of carbonyl (C=O) groups excluding carboxylic acids is 1. The van der Waals surface area contributed by atoms with Crippen molar-refractivity contribution < 1.29 is 19.1 Å². The van der Waals surface area contributed by atoms with Crippen molar-refractivity contribution in [3.05, 3.63) is 35.6 Å². The van der Waals surface area contributed by atoms with Gasteiger partial charge >= 0.3 is 5.97 Å². The molecule has 1 aliphatic rings. The largest absolute Gasteiger partial charge is 0.480 e. The van der Waals surface area contributed by atoms with Gasteiger partial charge in [-0.3, -0.25) is 19.4 Å². The average Bonchev–Trinajstić information content (AvgIpc) is 2.64. The SMILES string of the molecule is CCN(CC(=O)O)C1CCN(C(C)C(=O)NCc2ccccc2F)CC1.Cl.